The number of benzene rings is 1. The Morgan fingerprint density at radius 2 is 2.00 bits per heavy atom. The van der Waals surface area contributed by atoms with Crippen LogP contribution >= 0.6 is 0 Å². The minimum Gasteiger partial charge on any atom is -0.489 e. The van der Waals surface area contributed by atoms with Crippen LogP contribution in [0.1, 0.15) is 31.1 Å². The maximum absolute atomic E-state index is 13.6. The average Bonchev–Trinajstić information content (AvgIpc) is 2.26. The number of halogens is 1. The Morgan fingerprint density at radius 1 is 1.39 bits per heavy atom. The van der Waals surface area contributed by atoms with E-state index in [1.807, 2.05) is 0 Å². The van der Waals surface area contributed by atoms with E-state index in [4.69, 9.17) is 9.84 Å². The Bertz CT molecular complexity index is 480. The first-order valence-electron chi connectivity index (χ1n) is 5.41. The molecule has 1 rings (SSSR count). The minimum atomic E-state index is -1.11. The minimum absolute atomic E-state index is 0.0608. The number of hydrogen-bond donors (Lipinski definition) is 1. The number of ketones is 1. The van der Waals surface area contributed by atoms with Crippen molar-refractivity contribution in [2.45, 2.75) is 20.8 Å². The lowest BCUT2D eigenvalue weighted by molar-refractivity contribution is -0.148. The molecule has 0 atom stereocenters. The van der Waals surface area contributed by atoms with Gasteiger partial charge in [-0.1, -0.05) is 0 Å². The summed E-state index contributed by atoms with van der Waals surface area (Å²) in [6, 6.07) is 3.84. The summed E-state index contributed by atoms with van der Waals surface area (Å²) in [6.45, 7) is 4.15. The molecule has 0 bridgehead atoms. The molecule has 0 saturated heterocycles. The molecule has 0 fully saturated rings. The normalized spacial score (nSPS) is 11.1. The zero-order valence-corrected chi connectivity index (χ0v) is 10.5. The van der Waals surface area contributed by atoms with E-state index >= 15 is 0 Å². The molecule has 0 aromatic heterocycles. The van der Waals surface area contributed by atoms with E-state index in [9.17, 15) is 14.0 Å². The number of carboxylic acid groups (broad SMARTS) is 1. The monoisotopic (exact) mass is 254 g/mol. The third-order valence-corrected chi connectivity index (χ3v) is 2.51. The fourth-order valence-electron chi connectivity index (χ4n) is 1.16. The van der Waals surface area contributed by atoms with E-state index in [-0.39, 0.29) is 23.7 Å². The number of carbonyl (C=O) groups is 2. The van der Waals surface area contributed by atoms with E-state index in [1.54, 1.807) is 0 Å². The summed E-state index contributed by atoms with van der Waals surface area (Å²) in [5.74, 6) is -2.01. The van der Waals surface area contributed by atoms with Crippen LogP contribution in [0.2, 0.25) is 0 Å². The van der Waals surface area contributed by atoms with Crippen LogP contribution in [-0.4, -0.2) is 23.5 Å². The standard InChI is InChI=1S/C13H15FO4/c1-8(15)9-4-5-11(10(14)6-9)18-7-13(2,3)12(16)17/h4-6H,7H2,1-3H3,(H,16,17). The van der Waals surface area contributed by atoms with Crippen molar-refractivity contribution in [2.24, 2.45) is 5.41 Å². The van der Waals surface area contributed by atoms with Gasteiger partial charge in [0.15, 0.2) is 17.3 Å². The summed E-state index contributed by atoms with van der Waals surface area (Å²) in [4.78, 5) is 21.9. The van der Waals surface area contributed by atoms with Gasteiger partial charge in [-0.3, -0.25) is 9.59 Å². The SMILES string of the molecule is CC(=O)c1ccc(OCC(C)(C)C(=O)O)c(F)c1. The number of carbonyl (C=O) groups excluding carboxylic acids is 1. The molecule has 0 heterocycles. The van der Waals surface area contributed by atoms with Gasteiger partial charge >= 0.3 is 5.97 Å². The first kappa shape index (κ1) is 14.2. The lowest BCUT2D eigenvalue weighted by atomic mass is 9.95. The molecule has 0 aliphatic rings. The van der Waals surface area contributed by atoms with Crippen LogP contribution in [0.5, 0.6) is 5.75 Å². The molecule has 5 heteroatoms. The molecular weight excluding hydrogens is 239 g/mol. The summed E-state index contributed by atoms with van der Waals surface area (Å²) in [6.07, 6.45) is 0. The van der Waals surface area contributed by atoms with Crippen LogP contribution in [0.25, 0.3) is 0 Å². The molecule has 1 N–H and O–H groups in total. The second kappa shape index (κ2) is 5.16. The smallest absolute Gasteiger partial charge is 0.312 e. The van der Waals surface area contributed by atoms with Crippen molar-refractivity contribution < 1.29 is 23.8 Å². The second-order valence-electron chi connectivity index (χ2n) is 4.68. The first-order chi connectivity index (χ1) is 8.24. The topological polar surface area (TPSA) is 63.6 Å². The number of carboxylic acids is 1. The molecular formula is C13H15FO4. The lowest BCUT2D eigenvalue weighted by Crippen LogP contribution is -2.30. The average molecular weight is 254 g/mol. The fourth-order valence-corrected chi connectivity index (χ4v) is 1.16. The van der Waals surface area contributed by atoms with Crippen LogP contribution < -0.4 is 4.74 Å². The fraction of sp³-hybridized carbons (Fsp3) is 0.385. The summed E-state index contributed by atoms with van der Waals surface area (Å²) in [5.41, 5.74) is -0.858. The summed E-state index contributed by atoms with van der Waals surface area (Å²) in [7, 11) is 0. The van der Waals surface area contributed by atoms with Crippen molar-refractivity contribution >= 4 is 11.8 Å². The third-order valence-electron chi connectivity index (χ3n) is 2.51. The molecule has 0 spiro atoms. The first-order valence-corrected chi connectivity index (χ1v) is 5.41. The highest BCUT2D eigenvalue weighted by Crippen LogP contribution is 2.22. The highest BCUT2D eigenvalue weighted by atomic mass is 19.1. The van der Waals surface area contributed by atoms with Gasteiger partial charge in [0.25, 0.3) is 0 Å². The van der Waals surface area contributed by atoms with E-state index in [0.29, 0.717) is 0 Å². The van der Waals surface area contributed by atoms with Crippen molar-refractivity contribution in [2.75, 3.05) is 6.61 Å². The Balaban J connectivity index is 2.81. The molecule has 98 valence electrons. The number of aliphatic carboxylic acids is 1. The van der Waals surface area contributed by atoms with Crippen LogP contribution in [0.15, 0.2) is 18.2 Å². The maximum Gasteiger partial charge on any atom is 0.312 e. The van der Waals surface area contributed by atoms with Crippen LogP contribution in [0.4, 0.5) is 4.39 Å². The van der Waals surface area contributed by atoms with Gasteiger partial charge < -0.3 is 9.84 Å². The van der Waals surface area contributed by atoms with Crippen LogP contribution in [0, 0.1) is 11.2 Å². The lowest BCUT2D eigenvalue weighted by Gasteiger charge is -2.19. The zero-order chi connectivity index (χ0) is 13.9. The van der Waals surface area contributed by atoms with Gasteiger partial charge in [0.1, 0.15) is 6.61 Å². The Kier molecular flexibility index (Phi) is 4.06. The Labute approximate surface area is 104 Å². The number of hydrogen-bond acceptors (Lipinski definition) is 3. The summed E-state index contributed by atoms with van der Waals surface area (Å²) >= 11 is 0. The van der Waals surface area contributed by atoms with Gasteiger partial charge in [0.05, 0.1) is 5.41 Å². The molecule has 0 unspecified atom stereocenters. The van der Waals surface area contributed by atoms with Crippen molar-refractivity contribution in [1.29, 1.82) is 0 Å². The van der Waals surface area contributed by atoms with Gasteiger partial charge in [0, 0.05) is 5.56 Å². The summed E-state index contributed by atoms with van der Waals surface area (Å²) in [5, 5.41) is 8.89. The van der Waals surface area contributed by atoms with Crippen molar-refractivity contribution in [1.82, 2.24) is 0 Å². The quantitative estimate of drug-likeness (QED) is 0.820. The maximum atomic E-state index is 13.6. The number of ether oxygens (including phenoxy) is 1. The number of Topliss-reactive ketones (excluding diaryl/α,β-unsaturated/α-hetero) is 1. The Morgan fingerprint density at radius 3 is 2.44 bits per heavy atom. The van der Waals surface area contributed by atoms with Crippen LogP contribution in [0.3, 0.4) is 0 Å². The van der Waals surface area contributed by atoms with E-state index in [2.05, 4.69) is 0 Å². The second-order valence-corrected chi connectivity index (χ2v) is 4.68. The molecule has 1 aromatic carbocycles. The van der Waals surface area contributed by atoms with E-state index in [0.717, 1.165) is 6.07 Å². The largest absolute Gasteiger partial charge is 0.489 e. The zero-order valence-electron chi connectivity index (χ0n) is 10.5. The third kappa shape index (κ3) is 3.29. The predicted octanol–water partition coefficient (Wildman–Crippen LogP) is 2.52. The van der Waals surface area contributed by atoms with Gasteiger partial charge in [-0.25, -0.2) is 4.39 Å². The van der Waals surface area contributed by atoms with Crippen molar-refractivity contribution in [3.63, 3.8) is 0 Å². The molecule has 0 radical (unpaired) electrons. The van der Waals surface area contributed by atoms with Gasteiger partial charge in [-0.2, -0.15) is 0 Å². The van der Waals surface area contributed by atoms with Gasteiger partial charge in [-0.05, 0) is 39.0 Å². The van der Waals surface area contributed by atoms with Crippen molar-refractivity contribution in [3.05, 3.63) is 29.6 Å². The molecule has 0 saturated carbocycles. The summed E-state index contributed by atoms with van der Waals surface area (Å²) < 4.78 is 18.7. The van der Waals surface area contributed by atoms with E-state index < -0.39 is 17.2 Å². The highest BCUT2D eigenvalue weighted by Gasteiger charge is 2.28. The predicted molar refractivity (Wildman–Crippen MR) is 63.3 cm³/mol. The molecule has 0 aliphatic carbocycles. The van der Waals surface area contributed by atoms with Gasteiger partial charge in [0.2, 0.25) is 0 Å². The molecule has 4 nitrogen and oxygen atoms in total. The van der Waals surface area contributed by atoms with Gasteiger partial charge in [-0.15, -0.1) is 0 Å². The molecule has 0 amide bonds. The highest BCUT2D eigenvalue weighted by molar-refractivity contribution is 5.94. The van der Waals surface area contributed by atoms with Crippen LogP contribution in [-0.2, 0) is 4.79 Å². The van der Waals surface area contributed by atoms with Crippen molar-refractivity contribution in [3.8, 4) is 5.75 Å². The Hall–Kier alpha value is -1.91. The molecule has 1 aromatic rings. The number of rotatable bonds is 5. The molecule has 0 aliphatic heterocycles. The molecule has 18 heavy (non-hydrogen) atoms. The van der Waals surface area contributed by atoms with E-state index in [1.165, 1.54) is 32.9 Å².